The zero-order valence-corrected chi connectivity index (χ0v) is 18.9. The van der Waals surface area contributed by atoms with Crippen LogP contribution in [0.25, 0.3) is 0 Å². The molecule has 0 atom stereocenters. The average Bonchev–Trinajstić information content (AvgIpc) is 2.95. The maximum Gasteiger partial charge on any atom is 0.248 e. The Bertz CT molecular complexity index is 1160. The standard InChI is InChI=1S/C22H23ClN2O5S/c1-15-22(16(2)30-24-15)31(26,27)25-9-10-29-21-8-5-18(11-19(21)12-25)14-28-13-17-3-6-20(23)7-4-17/h3-8,11H,9-10,12-14H2,1-2H3. The predicted octanol–water partition coefficient (Wildman–Crippen LogP) is 4.24. The zero-order valence-electron chi connectivity index (χ0n) is 17.3. The van der Waals surface area contributed by atoms with E-state index in [1.54, 1.807) is 13.8 Å². The van der Waals surface area contributed by atoms with E-state index in [-0.39, 0.29) is 30.4 Å². The van der Waals surface area contributed by atoms with E-state index in [2.05, 4.69) is 5.16 Å². The largest absolute Gasteiger partial charge is 0.492 e. The second-order valence-corrected chi connectivity index (χ2v) is 9.71. The molecule has 0 spiro atoms. The Hall–Kier alpha value is -2.39. The van der Waals surface area contributed by atoms with E-state index < -0.39 is 10.0 Å². The van der Waals surface area contributed by atoms with Crippen LogP contribution in [0.4, 0.5) is 0 Å². The zero-order chi connectivity index (χ0) is 22.0. The number of benzene rings is 2. The van der Waals surface area contributed by atoms with Gasteiger partial charge in [-0.15, -0.1) is 0 Å². The second kappa shape index (κ2) is 9.00. The van der Waals surface area contributed by atoms with Crippen LogP contribution in [0.1, 0.15) is 28.1 Å². The van der Waals surface area contributed by atoms with Crippen LogP contribution < -0.4 is 4.74 Å². The van der Waals surface area contributed by atoms with Crippen molar-refractivity contribution in [1.29, 1.82) is 0 Å². The average molecular weight is 463 g/mol. The molecule has 0 saturated heterocycles. The third kappa shape index (κ3) is 4.77. The highest BCUT2D eigenvalue weighted by molar-refractivity contribution is 7.89. The third-order valence-corrected chi connectivity index (χ3v) is 7.43. The summed E-state index contributed by atoms with van der Waals surface area (Å²) in [6.45, 7) is 4.79. The molecular weight excluding hydrogens is 440 g/mol. The Kier molecular flexibility index (Phi) is 6.34. The first-order valence-electron chi connectivity index (χ1n) is 9.84. The highest BCUT2D eigenvalue weighted by Crippen LogP contribution is 2.30. The lowest BCUT2D eigenvalue weighted by Gasteiger charge is -2.19. The van der Waals surface area contributed by atoms with Crippen molar-refractivity contribution < 1.29 is 22.4 Å². The molecule has 0 amide bonds. The van der Waals surface area contributed by atoms with Gasteiger partial charge >= 0.3 is 0 Å². The number of fused-ring (bicyclic) bond motifs is 1. The maximum atomic E-state index is 13.2. The first kappa shape index (κ1) is 21.8. The predicted molar refractivity (Wildman–Crippen MR) is 115 cm³/mol. The van der Waals surface area contributed by atoms with Crippen LogP contribution in [-0.2, 0) is 34.5 Å². The number of halogens is 1. The Morgan fingerprint density at radius 1 is 1.10 bits per heavy atom. The molecule has 7 nitrogen and oxygen atoms in total. The third-order valence-electron chi connectivity index (χ3n) is 5.09. The SMILES string of the molecule is Cc1noc(C)c1S(=O)(=O)N1CCOc2ccc(COCc3ccc(Cl)cc3)cc2C1. The summed E-state index contributed by atoms with van der Waals surface area (Å²) < 4.78 is 44.5. The van der Waals surface area contributed by atoms with Crippen LogP contribution >= 0.6 is 11.6 Å². The minimum Gasteiger partial charge on any atom is -0.492 e. The van der Waals surface area contributed by atoms with E-state index in [0.29, 0.717) is 29.7 Å². The monoisotopic (exact) mass is 462 g/mol. The molecule has 1 aliphatic rings. The summed E-state index contributed by atoms with van der Waals surface area (Å²) in [6.07, 6.45) is 0. The van der Waals surface area contributed by atoms with Gasteiger partial charge in [-0.3, -0.25) is 0 Å². The van der Waals surface area contributed by atoms with Gasteiger partial charge < -0.3 is 14.0 Å². The van der Waals surface area contributed by atoms with Crippen molar-refractivity contribution in [3.8, 4) is 5.75 Å². The lowest BCUT2D eigenvalue weighted by atomic mass is 10.1. The van der Waals surface area contributed by atoms with E-state index in [4.69, 9.17) is 25.6 Å². The summed E-state index contributed by atoms with van der Waals surface area (Å²) in [4.78, 5) is 0.124. The van der Waals surface area contributed by atoms with Crippen LogP contribution in [0.15, 0.2) is 51.9 Å². The molecule has 164 valence electrons. The molecule has 1 aliphatic heterocycles. The first-order chi connectivity index (χ1) is 14.8. The Balaban J connectivity index is 1.49. The van der Waals surface area contributed by atoms with Gasteiger partial charge in [-0.2, -0.15) is 4.31 Å². The van der Waals surface area contributed by atoms with Crippen molar-refractivity contribution in [2.45, 2.75) is 38.5 Å². The molecule has 1 aromatic heterocycles. The maximum absolute atomic E-state index is 13.2. The summed E-state index contributed by atoms with van der Waals surface area (Å²) in [7, 11) is -3.76. The molecular formula is C22H23ClN2O5S. The molecule has 3 aromatic rings. The van der Waals surface area contributed by atoms with E-state index in [1.807, 2.05) is 42.5 Å². The Morgan fingerprint density at radius 2 is 1.81 bits per heavy atom. The van der Waals surface area contributed by atoms with E-state index >= 15 is 0 Å². The van der Waals surface area contributed by atoms with E-state index in [1.165, 1.54) is 4.31 Å². The van der Waals surface area contributed by atoms with Crippen LogP contribution in [0, 0.1) is 13.8 Å². The van der Waals surface area contributed by atoms with Gasteiger partial charge in [0.15, 0.2) is 5.76 Å². The van der Waals surface area contributed by atoms with Crippen molar-refractivity contribution in [2.75, 3.05) is 13.2 Å². The number of hydrogen-bond acceptors (Lipinski definition) is 6. The Labute approximate surface area is 186 Å². The van der Waals surface area contributed by atoms with Gasteiger partial charge in [-0.1, -0.05) is 35.0 Å². The van der Waals surface area contributed by atoms with Gasteiger partial charge in [0.05, 0.1) is 13.2 Å². The number of rotatable bonds is 6. The van der Waals surface area contributed by atoms with Crippen molar-refractivity contribution in [2.24, 2.45) is 0 Å². The van der Waals surface area contributed by atoms with Gasteiger partial charge in [-0.25, -0.2) is 8.42 Å². The molecule has 9 heteroatoms. The lowest BCUT2D eigenvalue weighted by molar-refractivity contribution is 0.107. The first-order valence-corrected chi connectivity index (χ1v) is 11.7. The van der Waals surface area contributed by atoms with Gasteiger partial charge in [0.25, 0.3) is 0 Å². The van der Waals surface area contributed by atoms with Gasteiger partial charge in [0.2, 0.25) is 10.0 Å². The highest BCUT2D eigenvalue weighted by atomic mass is 35.5. The fourth-order valence-corrected chi connectivity index (χ4v) is 5.38. The number of nitrogens with zero attached hydrogens (tertiary/aromatic N) is 2. The van der Waals surface area contributed by atoms with Crippen LogP contribution in [0.2, 0.25) is 5.02 Å². The minimum atomic E-state index is -3.76. The number of hydrogen-bond donors (Lipinski definition) is 0. The van der Waals surface area contributed by atoms with Crippen molar-refractivity contribution in [1.82, 2.24) is 9.46 Å². The molecule has 2 heterocycles. The Morgan fingerprint density at radius 3 is 2.52 bits per heavy atom. The van der Waals surface area contributed by atoms with Gasteiger partial charge in [-0.05, 0) is 49.2 Å². The van der Waals surface area contributed by atoms with Crippen LogP contribution in [0.5, 0.6) is 5.75 Å². The summed E-state index contributed by atoms with van der Waals surface area (Å²) in [6, 6.07) is 13.2. The quantitative estimate of drug-likeness (QED) is 0.544. The van der Waals surface area contributed by atoms with Crippen molar-refractivity contribution in [3.63, 3.8) is 0 Å². The molecule has 2 aromatic carbocycles. The highest BCUT2D eigenvalue weighted by Gasteiger charge is 2.32. The van der Waals surface area contributed by atoms with Crippen LogP contribution in [-0.4, -0.2) is 31.0 Å². The minimum absolute atomic E-state index is 0.124. The molecule has 4 rings (SSSR count). The number of aromatic nitrogens is 1. The normalized spacial score (nSPS) is 14.7. The lowest BCUT2D eigenvalue weighted by Crippen LogP contribution is -2.33. The van der Waals surface area contributed by atoms with Crippen molar-refractivity contribution in [3.05, 3.63) is 75.6 Å². The fourth-order valence-electron chi connectivity index (χ4n) is 3.56. The van der Waals surface area contributed by atoms with Crippen molar-refractivity contribution >= 4 is 21.6 Å². The van der Waals surface area contributed by atoms with Crippen LogP contribution in [0.3, 0.4) is 0 Å². The second-order valence-electron chi connectivity index (χ2n) is 7.40. The van der Waals surface area contributed by atoms with E-state index in [9.17, 15) is 8.42 Å². The summed E-state index contributed by atoms with van der Waals surface area (Å²) in [5.74, 6) is 0.963. The number of ether oxygens (including phenoxy) is 2. The molecule has 0 saturated carbocycles. The fraction of sp³-hybridized carbons (Fsp3) is 0.318. The summed E-state index contributed by atoms with van der Waals surface area (Å²) in [5.41, 5.74) is 3.11. The van der Waals surface area contributed by atoms with Gasteiger partial charge in [0, 0.05) is 23.7 Å². The summed E-state index contributed by atoms with van der Waals surface area (Å²) >= 11 is 5.91. The number of aryl methyl sites for hydroxylation is 2. The summed E-state index contributed by atoms with van der Waals surface area (Å²) in [5, 5.41) is 4.47. The van der Waals surface area contributed by atoms with Gasteiger partial charge in [0.1, 0.15) is 22.9 Å². The number of sulfonamides is 1. The molecule has 0 aliphatic carbocycles. The molecule has 31 heavy (non-hydrogen) atoms. The molecule has 0 unspecified atom stereocenters. The molecule has 0 N–H and O–H groups in total. The molecule has 0 radical (unpaired) electrons. The smallest absolute Gasteiger partial charge is 0.248 e. The molecule has 0 fully saturated rings. The topological polar surface area (TPSA) is 81.9 Å². The molecule has 0 bridgehead atoms. The van der Waals surface area contributed by atoms with E-state index in [0.717, 1.165) is 16.7 Å².